The van der Waals surface area contributed by atoms with Gasteiger partial charge in [0.05, 0.1) is 19.2 Å². The summed E-state index contributed by atoms with van der Waals surface area (Å²) in [5, 5.41) is 14.1. The Hall–Kier alpha value is -2.94. The zero-order chi connectivity index (χ0) is 18.9. The van der Waals surface area contributed by atoms with Crippen molar-refractivity contribution in [2.24, 2.45) is 5.10 Å². The summed E-state index contributed by atoms with van der Waals surface area (Å²) in [5.41, 5.74) is -3.34. The van der Waals surface area contributed by atoms with Gasteiger partial charge < -0.3 is 9.84 Å². The molecular weight excluding hydrogens is 351 g/mol. The van der Waals surface area contributed by atoms with Gasteiger partial charge in [0.15, 0.2) is 0 Å². The molecule has 6 nitrogen and oxygen atoms in total. The maximum atomic E-state index is 13.5. The average molecular weight is 365 g/mol. The highest BCUT2D eigenvalue weighted by atomic mass is 19.4. The number of carbonyl (C=O) groups excluding carboxylic acids is 1. The molecule has 136 valence electrons. The fourth-order valence-electron chi connectivity index (χ4n) is 2.55. The van der Waals surface area contributed by atoms with Crippen LogP contribution in [-0.4, -0.2) is 45.7 Å². The second-order valence-corrected chi connectivity index (χ2v) is 5.63. The van der Waals surface area contributed by atoms with E-state index in [0.29, 0.717) is 5.75 Å². The summed E-state index contributed by atoms with van der Waals surface area (Å²) >= 11 is 0. The van der Waals surface area contributed by atoms with Crippen LogP contribution in [0.1, 0.15) is 22.3 Å². The normalized spacial score (nSPS) is 20.0. The summed E-state index contributed by atoms with van der Waals surface area (Å²) in [5.74, 6) is -0.801. The molecule has 0 bridgehead atoms. The van der Waals surface area contributed by atoms with Crippen molar-refractivity contribution >= 4 is 11.6 Å². The van der Waals surface area contributed by atoms with Gasteiger partial charge in [0.2, 0.25) is 0 Å². The largest absolute Gasteiger partial charge is 0.497 e. The van der Waals surface area contributed by atoms with Gasteiger partial charge in [0.25, 0.3) is 11.6 Å². The van der Waals surface area contributed by atoms with E-state index in [1.165, 1.54) is 49.8 Å². The number of rotatable bonds is 3. The first kappa shape index (κ1) is 17.9. The van der Waals surface area contributed by atoms with Crippen molar-refractivity contribution in [2.45, 2.75) is 18.3 Å². The van der Waals surface area contributed by atoms with Crippen LogP contribution in [0.3, 0.4) is 0 Å². The Morgan fingerprint density at radius 3 is 2.69 bits per heavy atom. The van der Waals surface area contributed by atoms with Gasteiger partial charge in [-0.2, -0.15) is 23.3 Å². The SMILES string of the molecule is COc1cccc(C(=O)N2N=C(c3cccnc3)C[C@@]2(O)C(F)(F)F)c1. The molecule has 9 heteroatoms. The van der Waals surface area contributed by atoms with Gasteiger partial charge >= 0.3 is 6.18 Å². The first-order chi connectivity index (χ1) is 12.3. The number of aromatic nitrogens is 1. The summed E-state index contributed by atoms with van der Waals surface area (Å²) in [6.45, 7) is 0. The van der Waals surface area contributed by atoms with E-state index in [2.05, 4.69) is 10.1 Å². The second kappa shape index (κ2) is 6.41. The maximum Gasteiger partial charge on any atom is 0.438 e. The van der Waals surface area contributed by atoms with Gasteiger partial charge in [-0.1, -0.05) is 12.1 Å². The predicted molar refractivity (Wildman–Crippen MR) is 85.6 cm³/mol. The number of nitrogens with zero attached hydrogens (tertiary/aromatic N) is 3. The van der Waals surface area contributed by atoms with Crippen molar-refractivity contribution in [3.8, 4) is 5.75 Å². The summed E-state index contributed by atoms with van der Waals surface area (Å²) in [4.78, 5) is 16.5. The quantitative estimate of drug-likeness (QED) is 0.907. The number of carbonyl (C=O) groups is 1. The minimum atomic E-state index is -5.10. The van der Waals surface area contributed by atoms with Gasteiger partial charge in [0.1, 0.15) is 5.75 Å². The topological polar surface area (TPSA) is 75.0 Å². The van der Waals surface area contributed by atoms with Gasteiger partial charge in [-0.3, -0.25) is 9.78 Å². The standard InChI is InChI=1S/C17H14F3N3O3/c1-26-13-6-2-4-11(8-13)15(24)23-16(25,17(18,19)20)9-14(22-23)12-5-3-7-21-10-12/h2-8,10,25H,9H2,1H3/t16-/m1/s1. The Balaban J connectivity index is 2.04. The first-order valence-electron chi connectivity index (χ1n) is 7.52. The average Bonchev–Trinajstić information content (AvgIpc) is 3.01. The van der Waals surface area contributed by atoms with Crippen LogP contribution in [0.15, 0.2) is 53.9 Å². The molecule has 1 aliphatic rings. The molecule has 0 fully saturated rings. The van der Waals surface area contributed by atoms with E-state index >= 15 is 0 Å². The van der Waals surface area contributed by atoms with Crippen molar-refractivity contribution in [2.75, 3.05) is 7.11 Å². The molecule has 2 heterocycles. The number of halogens is 3. The van der Waals surface area contributed by atoms with Crippen molar-refractivity contribution < 1.29 is 27.8 Å². The lowest BCUT2D eigenvalue weighted by molar-refractivity contribution is -0.297. The minimum Gasteiger partial charge on any atom is -0.497 e. The molecule has 0 spiro atoms. The van der Waals surface area contributed by atoms with E-state index in [4.69, 9.17) is 4.74 Å². The van der Waals surface area contributed by atoms with E-state index in [1.54, 1.807) is 6.07 Å². The van der Waals surface area contributed by atoms with Crippen LogP contribution >= 0.6 is 0 Å². The Morgan fingerprint density at radius 1 is 1.31 bits per heavy atom. The van der Waals surface area contributed by atoms with Crippen molar-refractivity contribution in [1.29, 1.82) is 0 Å². The fraction of sp³-hybridized carbons (Fsp3) is 0.235. The van der Waals surface area contributed by atoms with E-state index < -0.39 is 24.2 Å². The number of hydrogen-bond acceptors (Lipinski definition) is 5. The Bertz CT molecular complexity index is 855. The Morgan fingerprint density at radius 2 is 2.08 bits per heavy atom. The highest BCUT2D eigenvalue weighted by Crippen LogP contribution is 2.42. The summed E-state index contributed by atoms with van der Waals surface area (Å²) < 4.78 is 45.6. The molecular formula is C17H14F3N3O3. The number of amides is 1. The zero-order valence-corrected chi connectivity index (χ0v) is 13.6. The number of benzene rings is 1. The smallest absolute Gasteiger partial charge is 0.438 e. The molecule has 1 N–H and O–H groups in total. The first-order valence-corrected chi connectivity index (χ1v) is 7.52. The van der Waals surface area contributed by atoms with Crippen LogP contribution in [0.4, 0.5) is 13.2 Å². The maximum absolute atomic E-state index is 13.5. The van der Waals surface area contributed by atoms with E-state index in [1.807, 2.05) is 0 Å². The Kier molecular flexibility index (Phi) is 4.41. The fourth-order valence-corrected chi connectivity index (χ4v) is 2.55. The molecule has 1 aromatic carbocycles. The van der Waals surface area contributed by atoms with E-state index in [-0.39, 0.29) is 21.8 Å². The van der Waals surface area contributed by atoms with Gasteiger partial charge in [-0.05, 0) is 24.3 Å². The molecule has 1 aromatic heterocycles. The highest BCUT2D eigenvalue weighted by molar-refractivity contribution is 6.05. The lowest BCUT2D eigenvalue weighted by atomic mass is 10.0. The third-order valence-corrected chi connectivity index (χ3v) is 3.94. The van der Waals surface area contributed by atoms with Gasteiger partial charge in [-0.25, -0.2) is 0 Å². The number of hydrogen-bond donors (Lipinski definition) is 1. The van der Waals surface area contributed by atoms with Crippen molar-refractivity contribution in [3.05, 3.63) is 59.9 Å². The number of aliphatic hydroxyl groups is 1. The lowest BCUT2D eigenvalue weighted by Gasteiger charge is -2.32. The molecule has 1 atom stereocenters. The molecule has 0 saturated heterocycles. The molecule has 1 amide bonds. The Labute approximate surface area is 146 Å². The summed E-state index contributed by atoms with van der Waals surface area (Å²) in [6, 6.07) is 8.62. The number of pyridine rings is 1. The molecule has 0 radical (unpaired) electrons. The lowest BCUT2D eigenvalue weighted by Crippen LogP contribution is -2.56. The van der Waals surface area contributed by atoms with Crippen LogP contribution in [0.2, 0.25) is 0 Å². The third-order valence-electron chi connectivity index (χ3n) is 3.94. The van der Waals surface area contributed by atoms with Crippen molar-refractivity contribution in [3.63, 3.8) is 0 Å². The molecule has 0 saturated carbocycles. The second-order valence-electron chi connectivity index (χ2n) is 5.63. The molecule has 3 rings (SSSR count). The van der Waals surface area contributed by atoms with Gasteiger partial charge in [-0.15, -0.1) is 0 Å². The monoisotopic (exact) mass is 365 g/mol. The van der Waals surface area contributed by atoms with Crippen LogP contribution in [-0.2, 0) is 0 Å². The minimum absolute atomic E-state index is 0.0735. The molecule has 1 aliphatic heterocycles. The highest BCUT2D eigenvalue weighted by Gasteiger charge is 2.63. The molecule has 2 aromatic rings. The number of methoxy groups -OCH3 is 1. The zero-order valence-electron chi connectivity index (χ0n) is 13.6. The number of alkyl halides is 3. The summed E-state index contributed by atoms with van der Waals surface area (Å²) in [6.07, 6.45) is -3.23. The van der Waals surface area contributed by atoms with Crippen LogP contribution < -0.4 is 4.74 Å². The molecule has 0 aliphatic carbocycles. The van der Waals surface area contributed by atoms with E-state index in [9.17, 15) is 23.1 Å². The summed E-state index contributed by atoms with van der Waals surface area (Å²) in [7, 11) is 1.37. The number of ether oxygens (including phenoxy) is 1. The third kappa shape index (κ3) is 3.01. The van der Waals surface area contributed by atoms with Crippen LogP contribution in [0, 0.1) is 0 Å². The van der Waals surface area contributed by atoms with Crippen molar-refractivity contribution in [1.82, 2.24) is 9.99 Å². The predicted octanol–water partition coefficient (Wildman–Crippen LogP) is 2.59. The molecule has 0 unspecified atom stereocenters. The van der Waals surface area contributed by atoms with Crippen LogP contribution in [0.25, 0.3) is 0 Å². The van der Waals surface area contributed by atoms with E-state index in [0.717, 1.165) is 0 Å². The molecule has 26 heavy (non-hydrogen) atoms. The van der Waals surface area contributed by atoms with Gasteiger partial charge in [0, 0.05) is 23.5 Å². The number of hydrazone groups is 1. The van der Waals surface area contributed by atoms with Crippen LogP contribution in [0.5, 0.6) is 5.75 Å².